The molecule has 3 nitrogen and oxygen atoms in total. The topological polar surface area (TPSA) is 19.4 Å². The number of benzene rings is 6. The highest BCUT2D eigenvalue weighted by atomic mass is 32.1. The summed E-state index contributed by atoms with van der Waals surface area (Å²) in [6.45, 7) is 34.8. The van der Waals surface area contributed by atoms with Gasteiger partial charge >= 0.3 is 0 Å². The quantitative estimate of drug-likeness (QED) is 0.165. The van der Waals surface area contributed by atoms with Crippen LogP contribution in [-0.2, 0) is 27.1 Å². The first-order valence-electron chi connectivity index (χ1n) is 22.6. The molecule has 0 atom stereocenters. The number of anilines is 6. The van der Waals surface area contributed by atoms with E-state index in [0.29, 0.717) is 0 Å². The number of aromatic nitrogens is 1. The molecule has 0 saturated heterocycles. The fourth-order valence-corrected chi connectivity index (χ4v) is 10.3. The van der Waals surface area contributed by atoms with Gasteiger partial charge in [-0.1, -0.05) is 165 Å². The molecule has 3 heterocycles. The molecule has 0 fully saturated rings. The Morgan fingerprint density at radius 2 is 0.903 bits per heavy atom. The minimum Gasteiger partial charge on any atom is -0.311 e. The Morgan fingerprint density at radius 3 is 1.44 bits per heavy atom. The molecule has 0 saturated carbocycles. The van der Waals surface area contributed by atoms with E-state index in [-0.39, 0.29) is 33.8 Å². The Hall–Kier alpha value is -5.13. The third-order valence-corrected chi connectivity index (χ3v) is 14.3. The number of thiazole rings is 1. The Bertz CT molecular complexity index is 2830. The van der Waals surface area contributed by atoms with Crippen molar-refractivity contribution in [1.82, 2.24) is 4.98 Å². The molecule has 62 heavy (non-hydrogen) atoms. The Kier molecular flexibility index (Phi) is 9.66. The van der Waals surface area contributed by atoms with Crippen LogP contribution in [0.25, 0.3) is 20.8 Å². The lowest BCUT2D eigenvalue weighted by atomic mass is 9.33. The molecule has 2 aliphatic rings. The van der Waals surface area contributed by atoms with Gasteiger partial charge in [-0.3, -0.25) is 0 Å². The highest BCUT2D eigenvalue weighted by molar-refractivity contribution is 7.21. The summed E-state index contributed by atoms with van der Waals surface area (Å²) in [7, 11) is 0. The van der Waals surface area contributed by atoms with Gasteiger partial charge in [0.15, 0.2) is 0 Å². The number of fused-ring (bicyclic) bond motifs is 5. The van der Waals surface area contributed by atoms with Crippen LogP contribution in [0.4, 0.5) is 34.1 Å². The molecule has 7 aromatic rings. The van der Waals surface area contributed by atoms with Crippen molar-refractivity contribution in [2.45, 2.75) is 131 Å². The van der Waals surface area contributed by atoms with Crippen molar-refractivity contribution in [2.75, 3.05) is 9.80 Å². The Labute approximate surface area is 376 Å². The zero-order valence-corrected chi connectivity index (χ0v) is 40.6. The molecule has 5 heteroatoms. The lowest BCUT2D eigenvalue weighted by Gasteiger charge is -2.44. The van der Waals surface area contributed by atoms with Gasteiger partial charge in [0, 0.05) is 39.7 Å². The van der Waals surface area contributed by atoms with Crippen LogP contribution in [0.1, 0.15) is 132 Å². The minimum absolute atomic E-state index is 0.0174. The third kappa shape index (κ3) is 7.28. The molecule has 2 aliphatic heterocycles. The maximum atomic E-state index is 5.41. The van der Waals surface area contributed by atoms with E-state index < -0.39 is 0 Å². The van der Waals surface area contributed by atoms with E-state index in [4.69, 9.17) is 4.98 Å². The van der Waals surface area contributed by atoms with Crippen LogP contribution in [0.2, 0.25) is 0 Å². The average Bonchev–Trinajstić information content (AvgIpc) is 3.61. The molecule has 0 amide bonds. The molecule has 0 spiro atoms. The summed E-state index contributed by atoms with van der Waals surface area (Å²) in [5.41, 5.74) is 20.2. The molecular formula is C57H64BN3S. The summed E-state index contributed by atoms with van der Waals surface area (Å²) < 4.78 is 1.21. The summed E-state index contributed by atoms with van der Waals surface area (Å²) in [4.78, 5) is 10.5. The zero-order valence-electron chi connectivity index (χ0n) is 39.8. The standard InChI is InChI=1S/C57H64BN3S/c1-53(2,3)36-21-19-35(20-22-36)52-59-45-34-49-44(33-50(45)62-52)58-43-32-38(55(7,8)9)25-28-46(43)60(41-26-23-37(24-27-41)54(4,5)6)47-17-16-18-48(51(47)58)61(49)42-30-39(56(10,11)12)29-40(31-42)57(13,14)15/h16-34H,1-15H3. The van der Waals surface area contributed by atoms with Crippen LogP contribution in [0, 0.1) is 0 Å². The third-order valence-electron chi connectivity index (χ3n) is 13.3. The molecule has 0 aliphatic carbocycles. The number of hydrogen-bond donors (Lipinski definition) is 0. The second kappa shape index (κ2) is 14.2. The van der Waals surface area contributed by atoms with Gasteiger partial charge in [0.05, 0.1) is 10.2 Å². The summed E-state index contributed by atoms with van der Waals surface area (Å²) in [6, 6.07) is 44.8. The summed E-state index contributed by atoms with van der Waals surface area (Å²) in [5.74, 6) is 0. The lowest BCUT2D eigenvalue weighted by Crippen LogP contribution is -2.61. The average molecular weight is 834 g/mol. The smallest absolute Gasteiger partial charge is 0.252 e. The van der Waals surface area contributed by atoms with Gasteiger partial charge in [-0.05, 0) is 126 Å². The molecular weight excluding hydrogens is 770 g/mol. The predicted octanol–water partition coefficient (Wildman–Crippen LogP) is 14.5. The first-order chi connectivity index (χ1) is 28.9. The first kappa shape index (κ1) is 42.2. The van der Waals surface area contributed by atoms with Crippen molar-refractivity contribution >= 4 is 78.8 Å². The van der Waals surface area contributed by atoms with E-state index in [1.807, 2.05) is 11.3 Å². The first-order valence-corrected chi connectivity index (χ1v) is 23.4. The highest BCUT2D eigenvalue weighted by Gasteiger charge is 2.44. The van der Waals surface area contributed by atoms with Crippen LogP contribution in [0.3, 0.4) is 0 Å². The van der Waals surface area contributed by atoms with Crippen molar-refractivity contribution in [3.63, 3.8) is 0 Å². The fraction of sp³-hybridized carbons (Fsp3) is 0.351. The van der Waals surface area contributed by atoms with Crippen LogP contribution in [0.5, 0.6) is 0 Å². The number of hydrogen-bond acceptors (Lipinski definition) is 4. The highest BCUT2D eigenvalue weighted by Crippen LogP contribution is 2.47. The van der Waals surface area contributed by atoms with Crippen LogP contribution >= 0.6 is 11.3 Å². The molecule has 1 aromatic heterocycles. The van der Waals surface area contributed by atoms with Gasteiger partial charge < -0.3 is 9.80 Å². The summed E-state index contributed by atoms with van der Waals surface area (Å²) >= 11 is 1.81. The largest absolute Gasteiger partial charge is 0.311 e. The number of nitrogens with zero attached hydrogens (tertiary/aromatic N) is 3. The van der Waals surface area contributed by atoms with E-state index in [2.05, 4.69) is 229 Å². The normalized spacial score (nSPS) is 14.3. The van der Waals surface area contributed by atoms with Crippen molar-refractivity contribution in [2.24, 2.45) is 0 Å². The van der Waals surface area contributed by atoms with Gasteiger partial charge in [-0.25, -0.2) is 4.98 Å². The lowest BCUT2D eigenvalue weighted by molar-refractivity contribution is 0.568. The van der Waals surface area contributed by atoms with Crippen LogP contribution < -0.4 is 26.2 Å². The van der Waals surface area contributed by atoms with Crippen molar-refractivity contribution < 1.29 is 0 Å². The van der Waals surface area contributed by atoms with Gasteiger partial charge in [0.25, 0.3) is 6.71 Å². The Morgan fingerprint density at radius 1 is 0.419 bits per heavy atom. The minimum atomic E-state index is -0.0398. The van der Waals surface area contributed by atoms with E-state index in [1.165, 1.54) is 88.6 Å². The van der Waals surface area contributed by atoms with Gasteiger partial charge in [-0.15, -0.1) is 11.3 Å². The second-order valence-electron chi connectivity index (χ2n) is 23.1. The van der Waals surface area contributed by atoms with E-state index in [9.17, 15) is 0 Å². The fourth-order valence-electron chi connectivity index (χ4n) is 9.33. The van der Waals surface area contributed by atoms with Crippen molar-refractivity contribution in [3.05, 3.63) is 143 Å². The van der Waals surface area contributed by atoms with Crippen molar-refractivity contribution in [1.29, 1.82) is 0 Å². The SMILES string of the molecule is CC(C)(C)c1ccc(-c2nc3cc4c(cc3s2)B2c3cc(C(C)(C)C)ccc3N(c3ccc(C(C)(C)C)cc3)c3cccc(c32)N4c2cc(C(C)(C)C)cc(C(C)(C)C)c2)cc1. The molecule has 0 unspecified atom stereocenters. The molecule has 0 N–H and O–H groups in total. The van der Waals surface area contributed by atoms with E-state index >= 15 is 0 Å². The molecule has 0 radical (unpaired) electrons. The van der Waals surface area contributed by atoms with Crippen LogP contribution in [-0.4, -0.2) is 11.7 Å². The van der Waals surface area contributed by atoms with Crippen molar-refractivity contribution in [3.8, 4) is 10.6 Å². The van der Waals surface area contributed by atoms with E-state index in [1.54, 1.807) is 0 Å². The summed E-state index contributed by atoms with van der Waals surface area (Å²) in [5, 5.41) is 1.06. The predicted molar refractivity (Wildman–Crippen MR) is 273 cm³/mol. The molecule has 9 rings (SSSR count). The molecule has 6 aromatic carbocycles. The summed E-state index contributed by atoms with van der Waals surface area (Å²) in [6.07, 6.45) is 0. The molecule has 0 bridgehead atoms. The number of rotatable bonds is 3. The van der Waals surface area contributed by atoms with Gasteiger partial charge in [-0.2, -0.15) is 0 Å². The van der Waals surface area contributed by atoms with Gasteiger partial charge in [0.1, 0.15) is 5.01 Å². The monoisotopic (exact) mass is 833 g/mol. The zero-order chi connectivity index (χ0) is 44.5. The van der Waals surface area contributed by atoms with Crippen LogP contribution in [0.15, 0.2) is 115 Å². The van der Waals surface area contributed by atoms with Gasteiger partial charge in [0.2, 0.25) is 0 Å². The maximum Gasteiger partial charge on any atom is 0.252 e. The second-order valence-corrected chi connectivity index (χ2v) is 24.2. The molecule has 316 valence electrons. The maximum absolute atomic E-state index is 5.41. The Balaban J connectivity index is 1.35. The van der Waals surface area contributed by atoms with E-state index in [0.717, 1.165) is 10.5 Å².